The number of carbonyl (C=O) groups excluding carboxylic acids is 1. The van der Waals surface area contributed by atoms with E-state index in [4.69, 9.17) is 4.74 Å². The fourth-order valence-electron chi connectivity index (χ4n) is 3.12. The highest BCUT2D eigenvalue weighted by molar-refractivity contribution is 7.12. The molecule has 4 rings (SSSR count). The van der Waals surface area contributed by atoms with Gasteiger partial charge in [0.25, 0.3) is 5.91 Å². The molecule has 0 aliphatic carbocycles. The van der Waals surface area contributed by atoms with E-state index in [1.807, 2.05) is 17.5 Å². The molecule has 1 saturated heterocycles. The Kier molecular flexibility index (Phi) is 4.82. The van der Waals surface area contributed by atoms with Gasteiger partial charge >= 0.3 is 0 Å². The largest absolute Gasteiger partial charge is 0.372 e. The Hall–Kier alpha value is -2.85. The van der Waals surface area contributed by atoms with Crippen LogP contribution < -0.4 is 10.2 Å². The van der Waals surface area contributed by atoms with Gasteiger partial charge in [0.1, 0.15) is 17.0 Å². The second kappa shape index (κ2) is 7.41. The molecule has 0 spiro atoms. The van der Waals surface area contributed by atoms with Gasteiger partial charge in [-0.1, -0.05) is 0 Å². The van der Waals surface area contributed by atoms with Crippen LogP contribution in [0.5, 0.6) is 0 Å². The van der Waals surface area contributed by atoms with Gasteiger partial charge in [-0.15, -0.1) is 16.4 Å². The molecule has 10 heteroatoms. The van der Waals surface area contributed by atoms with Gasteiger partial charge in [0, 0.05) is 13.1 Å². The average Bonchev–Trinajstić information content (AvgIpc) is 3.33. The van der Waals surface area contributed by atoms with Crippen molar-refractivity contribution in [3.05, 3.63) is 41.0 Å². The number of aromatic nitrogens is 5. The maximum Gasteiger partial charge on any atom is 0.268 e. The Bertz CT molecular complexity index is 900. The van der Waals surface area contributed by atoms with Crippen LogP contribution >= 0.6 is 11.3 Å². The number of hydrogen-bond acceptors (Lipinski definition) is 8. The van der Waals surface area contributed by atoms with Crippen molar-refractivity contribution < 1.29 is 9.53 Å². The third-order valence-corrected chi connectivity index (χ3v) is 5.10. The number of thiophene rings is 1. The lowest BCUT2D eigenvalue weighted by atomic mass is 10.2. The highest BCUT2D eigenvalue weighted by atomic mass is 32.1. The Morgan fingerprint density at radius 1 is 1.26 bits per heavy atom. The number of carbonyl (C=O) groups is 1. The van der Waals surface area contributed by atoms with Crippen LogP contribution in [0.4, 0.5) is 11.5 Å². The number of morpholine rings is 1. The Morgan fingerprint density at radius 3 is 2.74 bits per heavy atom. The van der Waals surface area contributed by atoms with Crippen LogP contribution in [0.2, 0.25) is 0 Å². The molecule has 0 saturated carbocycles. The molecule has 140 valence electrons. The van der Waals surface area contributed by atoms with Gasteiger partial charge in [-0.2, -0.15) is 4.68 Å². The lowest BCUT2D eigenvalue weighted by Crippen LogP contribution is -2.45. The van der Waals surface area contributed by atoms with Crippen LogP contribution in [0.25, 0.3) is 5.69 Å². The minimum absolute atomic E-state index is 0.165. The summed E-state index contributed by atoms with van der Waals surface area (Å²) in [7, 11) is 0. The zero-order valence-corrected chi connectivity index (χ0v) is 15.8. The molecule has 0 aromatic carbocycles. The summed E-state index contributed by atoms with van der Waals surface area (Å²) >= 11 is 1.33. The lowest BCUT2D eigenvalue weighted by Gasteiger charge is -2.36. The highest BCUT2D eigenvalue weighted by Gasteiger charge is 2.23. The van der Waals surface area contributed by atoms with E-state index in [0.717, 1.165) is 18.9 Å². The number of anilines is 2. The normalized spacial score (nSPS) is 19.9. The smallest absolute Gasteiger partial charge is 0.268 e. The van der Waals surface area contributed by atoms with E-state index < -0.39 is 0 Å². The standard InChI is InChI=1S/C17H19N7O2S/c1-11-8-23(9-12(2)26-11)15-4-3-13(7-18-15)20-17(25)16-14(5-6-27-16)24-10-19-21-22-24/h3-7,10-12H,8-9H2,1-2H3,(H,20,25)/t11-,12-/m0/s1. The first-order valence-corrected chi connectivity index (χ1v) is 9.47. The molecule has 9 nitrogen and oxygen atoms in total. The summed E-state index contributed by atoms with van der Waals surface area (Å²) in [5, 5.41) is 15.8. The molecular formula is C17H19N7O2S. The third-order valence-electron chi connectivity index (χ3n) is 4.20. The number of amides is 1. The van der Waals surface area contributed by atoms with E-state index in [1.165, 1.54) is 22.3 Å². The average molecular weight is 385 g/mol. The third kappa shape index (κ3) is 3.81. The first-order valence-electron chi connectivity index (χ1n) is 8.59. The van der Waals surface area contributed by atoms with Crippen LogP contribution in [0.1, 0.15) is 23.5 Å². The zero-order valence-electron chi connectivity index (χ0n) is 14.9. The molecule has 0 unspecified atom stereocenters. The zero-order chi connectivity index (χ0) is 18.8. The molecule has 2 atom stereocenters. The number of nitrogens with zero attached hydrogens (tertiary/aromatic N) is 6. The molecule has 4 heterocycles. The molecule has 3 aromatic rings. The summed E-state index contributed by atoms with van der Waals surface area (Å²) in [6.45, 7) is 5.71. The van der Waals surface area contributed by atoms with Crippen LogP contribution in [0.15, 0.2) is 36.1 Å². The van der Waals surface area contributed by atoms with Crippen LogP contribution in [0, 0.1) is 0 Å². The first kappa shape index (κ1) is 17.6. The predicted octanol–water partition coefficient (Wildman–Crippen LogP) is 1.98. The number of ether oxygens (including phenoxy) is 1. The van der Waals surface area contributed by atoms with E-state index >= 15 is 0 Å². The van der Waals surface area contributed by atoms with E-state index in [2.05, 4.69) is 44.6 Å². The topological polar surface area (TPSA) is 98.1 Å². The van der Waals surface area contributed by atoms with E-state index in [1.54, 1.807) is 12.3 Å². The summed E-state index contributed by atoms with van der Waals surface area (Å²) in [6, 6.07) is 5.57. The van der Waals surface area contributed by atoms with Gasteiger partial charge in [0.2, 0.25) is 0 Å². The number of rotatable bonds is 4. The molecule has 1 amide bonds. The van der Waals surface area contributed by atoms with E-state index in [0.29, 0.717) is 16.3 Å². The van der Waals surface area contributed by atoms with Crippen molar-refractivity contribution in [2.24, 2.45) is 0 Å². The van der Waals surface area contributed by atoms with E-state index in [9.17, 15) is 4.79 Å². The fourth-order valence-corrected chi connectivity index (χ4v) is 3.90. The van der Waals surface area contributed by atoms with Gasteiger partial charge in [0.15, 0.2) is 0 Å². The minimum Gasteiger partial charge on any atom is -0.372 e. The number of nitrogens with one attached hydrogen (secondary N) is 1. The maximum absolute atomic E-state index is 12.6. The van der Waals surface area contributed by atoms with Crippen molar-refractivity contribution in [1.29, 1.82) is 0 Å². The second-order valence-electron chi connectivity index (χ2n) is 6.41. The summed E-state index contributed by atoms with van der Waals surface area (Å²) in [5.41, 5.74) is 1.28. The van der Waals surface area contributed by atoms with Crippen molar-refractivity contribution in [2.75, 3.05) is 23.3 Å². The van der Waals surface area contributed by atoms with Crippen molar-refractivity contribution in [3.8, 4) is 5.69 Å². The Balaban J connectivity index is 1.46. The molecule has 1 aliphatic heterocycles. The van der Waals surface area contributed by atoms with Gasteiger partial charge in [-0.25, -0.2) is 4.98 Å². The van der Waals surface area contributed by atoms with Crippen LogP contribution in [-0.2, 0) is 4.74 Å². The maximum atomic E-state index is 12.6. The van der Waals surface area contributed by atoms with Gasteiger partial charge in [0.05, 0.1) is 29.8 Å². The Morgan fingerprint density at radius 2 is 2.07 bits per heavy atom. The van der Waals surface area contributed by atoms with Gasteiger partial charge in [-0.05, 0) is 47.9 Å². The lowest BCUT2D eigenvalue weighted by molar-refractivity contribution is -0.00545. The van der Waals surface area contributed by atoms with E-state index in [-0.39, 0.29) is 18.1 Å². The highest BCUT2D eigenvalue weighted by Crippen LogP contribution is 2.23. The summed E-state index contributed by atoms with van der Waals surface area (Å²) in [6.07, 6.45) is 3.46. The van der Waals surface area contributed by atoms with Crippen LogP contribution in [0.3, 0.4) is 0 Å². The second-order valence-corrected chi connectivity index (χ2v) is 7.33. The molecule has 27 heavy (non-hydrogen) atoms. The number of hydrogen-bond donors (Lipinski definition) is 1. The molecule has 0 bridgehead atoms. The molecular weight excluding hydrogens is 366 g/mol. The molecule has 1 aliphatic rings. The van der Waals surface area contributed by atoms with Crippen molar-refractivity contribution in [2.45, 2.75) is 26.1 Å². The SMILES string of the molecule is C[C@H]1CN(c2ccc(NC(=O)c3sccc3-n3cnnn3)cn2)C[C@H](C)O1. The molecule has 1 fully saturated rings. The fraction of sp³-hybridized carbons (Fsp3) is 0.353. The monoisotopic (exact) mass is 385 g/mol. The summed E-state index contributed by atoms with van der Waals surface area (Å²) < 4.78 is 7.22. The van der Waals surface area contributed by atoms with Crippen LogP contribution in [-0.4, -0.2) is 56.4 Å². The molecule has 0 radical (unpaired) electrons. The molecule has 3 aromatic heterocycles. The minimum atomic E-state index is -0.223. The van der Waals surface area contributed by atoms with Gasteiger partial charge in [-0.3, -0.25) is 4.79 Å². The molecule has 1 N–H and O–H groups in total. The first-order chi connectivity index (χ1) is 13.1. The quantitative estimate of drug-likeness (QED) is 0.733. The number of pyridine rings is 1. The van der Waals surface area contributed by atoms with Gasteiger partial charge < -0.3 is 15.0 Å². The predicted molar refractivity (Wildman–Crippen MR) is 101 cm³/mol. The summed E-state index contributed by atoms with van der Waals surface area (Å²) in [5.74, 6) is 0.652. The summed E-state index contributed by atoms with van der Waals surface area (Å²) in [4.78, 5) is 19.8. The number of tetrazole rings is 1. The Labute approximate surface area is 160 Å². The van der Waals surface area contributed by atoms with Crippen molar-refractivity contribution >= 4 is 28.7 Å². The van der Waals surface area contributed by atoms with Crippen molar-refractivity contribution in [1.82, 2.24) is 25.2 Å². The van der Waals surface area contributed by atoms with Crippen molar-refractivity contribution in [3.63, 3.8) is 0 Å².